The maximum atomic E-state index is 13.3. The van der Waals surface area contributed by atoms with Crippen LogP contribution < -0.4 is 14.5 Å². The van der Waals surface area contributed by atoms with Crippen LogP contribution in [-0.2, 0) is 33.8 Å². The average Bonchev–Trinajstić information content (AvgIpc) is 3.18. The fourth-order valence-electron chi connectivity index (χ4n) is 7.57. The molecule has 0 unspecified atom stereocenters. The van der Waals surface area contributed by atoms with E-state index in [9.17, 15) is 9.59 Å². The molecule has 2 atom stereocenters. The number of nitrogens with zero attached hydrogens (tertiary/aromatic N) is 7. The van der Waals surface area contributed by atoms with Crippen LogP contribution in [-0.4, -0.2) is 108 Å². The quantitative estimate of drug-likeness (QED) is 0.179. The summed E-state index contributed by atoms with van der Waals surface area (Å²) in [7, 11) is 0. The zero-order chi connectivity index (χ0) is 39.5. The van der Waals surface area contributed by atoms with Gasteiger partial charge in [-0.05, 0) is 58.1 Å². The number of rotatable bonds is 8. The number of piperazine rings is 1. The number of fused-ring (bicyclic) bond motifs is 2. The molecule has 2 fully saturated rings. The van der Waals surface area contributed by atoms with Crippen molar-refractivity contribution in [1.82, 2.24) is 19.8 Å². The van der Waals surface area contributed by atoms with Crippen molar-refractivity contribution in [2.75, 3.05) is 62.3 Å². The molecule has 3 aromatic carbocycles. The highest BCUT2D eigenvalue weighted by Crippen LogP contribution is 2.35. The smallest absolute Gasteiger partial charge is 0.410 e. The third-order valence-corrected chi connectivity index (χ3v) is 10.5. The Morgan fingerprint density at radius 3 is 2.48 bits per heavy atom. The van der Waals surface area contributed by atoms with E-state index in [4.69, 9.17) is 35.5 Å². The number of morpholine rings is 1. The Morgan fingerprint density at radius 1 is 0.929 bits per heavy atom. The molecule has 4 heterocycles. The SMILES string of the molecule is [C-]#[N+]C[C@H]1CN(c2nc(OC[C@H]3CN(C(=O)OC(C)(C)C)C(C)(C)CO3)nc3c2CCN(c2cccc4ccccc24)C3)CCN1C(=O)OCc1ccccc1. The molecule has 0 spiro atoms. The third-order valence-electron chi connectivity index (χ3n) is 10.5. The number of carbonyl (C=O) groups is 2. The summed E-state index contributed by atoms with van der Waals surface area (Å²) in [5, 5.41) is 2.35. The second-order valence-corrected chi connectivity index (χ2v) is 16.2. The van der Waals surface area contributed by atoms with Gasteiger partial charge in [0.2, 0.25) is 6.54 Å². The fourth-order valence-corrected chi connectivity index (χ4v) is 7.57. The summed E-state index contributed by atoms with van der Waals surface area (Å²) in [6.07, 6.45) is -0.558. The van der Waals surface area contributed by atoms with E-state index >= 15 is 0 Å². The van der Waals surface area contributed by atoms with Gasteiger partial charge in [-0.15, -0.1) is 0 Å². The molecule has 13 nitrogen and oxygen atoms in total. The molecule has 0 bridgehead atoms. The Hall–Kier alpha value is -5.61. The molecule has 0 radical (unpaired) electrons. The lowest BCUT2D eigenvalue weighted by Gasteiger charge is -2.45. The third kappa shape index (κ3) is 8.76. The van der Waals surface area contributed by atoms with Gasteiger partial charge in [0.05, 0.1) is 30.9 Å². The van der Waals surface area contributed by atoms with E-state index in [0.717, 1.165) is 34.9 Å². The molecule has 0 N–H and O–H groups in total. The lowest BCUT2D eigenvalue weighted by atomic mass is 10.0. The molecule has 3 aliphatic heterocycles. The average molecular weight is 762 g/mol. The molecule has 13 heteroatoms. The zero-order valence-corrected chi connectivity index (χ0v) is 32.9. The normalized spacial score (nSPS) is 19.6. The van der Waals surface area contributed by atoms with Crippen LogP contribution in [0.1, 0.15) is 51.4 Å². The van der Waals surface area contributed by atoms with Crippen molar-refractivity contribution in [3.8, 4) is 6.01 Å². The summed E-state index contributed by atoms with van der Waals surface area (Å²) < 4.78 is 24.0. The second-order valence-electron chi connectivity index (χ2n) is 16.2. The molecule has 2 saturated heterocycles. The molecule has 294 valence electrons. The number of anilines is 2. The van der Waals surface area contributed by atoms with Gasteiger partial charge in [-0.25, -0.2) is 16.2 Å². The van der Waals surface area contributed by atoms with E-state index in [1.807, 2.05) is 65.0 Å². The highest BCUT2D eigenvalue weighted by atomic mass is 16.6. The molecular formula is C43H51N7O6. The van der Waals surface area contributed by atoms with Crippen LogP contribution in [0.15, 0.2) is 72.8 Å². The van der Waals surface area contributed by atoms with E-state index < -0.39 is 35.5 Å². The van der Waals surface area contributed by atoms with Crippen molar-refractivity contribution < 1.29 is 28.5 Å². The summed E-state index contributed by atoms with van der Waals surface area (Å²) in [6.45, 7) is 20.8. The van der Waals surface area contributed by atoms with Crippen LogP contribution in [0, 0.1) is 6.57 Å². The fraction of sp³-hybridized carbons (Fsp3) is 0.465. The van der Waals surface area contributed by atoms with E-state index in [-0.39, 0.29) is 32.3 Å². The molecule has 56 heavy (non-hydrogen) atoms. The summed E-state index contributed by atoms with van der Waals surface area (Å²) in [5.41, 5.74) is 2.73. The minimum Gasteiger partial charge on any atom is -0.461 e. The van der Waals surface area contributed by atoms with Gasteiger partial charge in [-0.3, -0.25) is 9.80 Å². The number of hydrogen-bond acceptors (Lipinski definition) is 10. The van der Waals surface area contributed by atoms with Crippen LogP contribution in [0.25, 0.3) is 15.6 Å². The first-order valence-corrected chi connectivity index (χ1v) is 19.3. The van der Waals surface area contributed by atoms with Gasteiger partial charge in [-0.1, -0.05) is 66.7 Å². The van der Waals surface area contributed by atoms with Gasteiger partial charge in [0, 0.05) is 42.8 Å². The van der Waals surface area contributed by atoms with Gasteiger partial charge in [0.15, 0.2) is 0 Å². The van der Waals surface area contributed by atoms with Gasteiger partial charge in [-0.2, -0.15) is 9.97 Å². The van der Waals surface area contributed by atoms with Crippen LogP contribution in [0.4, 0.5) is 21.1 Å². The Labute approximate surface area is 328 Å². The standard InChI is InChI=1S/C43H51N7O6/c1-42(2,3)56-41(52)50-25-33(55-29-43(50,4)5)28-53-39-45-36-26-47(37-18-12-16-31-15-10-11-17-34(31)37)20-19-35(36)38(46-39)48-21-22-49(32(24-48)23-44-6)40(51)54-27-30-13-8-7-9-14-30/h7-18,32-33H,19-29H2,1-5H3/t32-,33+/m0/s1. The Kier molecular flexibility index (Phi) is 11.2. The summed E-state index contributed by atoms with van der Waals surface area (Å²) in [4.78, 5) is 48.2. The maximum absolute atomic E-state index is 13.3. The van der Waals surface area contributed by atoms with Crippen molar-refractivity contribution in [3.05, 3.63) is 101 Å². The number of carbonyl (C=O) groups excluding carboxylic acids is 2. The van der Waals surface area contributed by atoms with E-state index in [1.165, 1.54) is 10.8 Å². The zero-order valence-electron chi connectivity index (χ0n) is 32.9. The molecule has 0 saturated carbocycles. The lowest BCUT2D eigenvalue weighted by molar-refractivity contribution is -0.109. The number of aromatic nitrogens is 2. The first-order valence-electron chi connectivity index (χ1n) is 19.3. The highest BCUT2D eigenvalue weighted by molar-refractivity contribution is 5.94. The van der Waals surface area contributed by atoms with Crippen LogP contribution in [0.5, 0.6) is 6.01 Å². The molecule has 0 aliphatic carbocycles. The summed E-state index contributed by atoms with van der Waals surface area (Å²) >= 11 is 0. The molecule has 7 rings (SSSR count). The highest BCUT2D eigenvalue weighted by Gasteiger charge is 2.41. The second kappa shape index (κ2) is 16.2. The van der Waals surface area contributed by atoms with Gasteiger partial charge >= 0.3 is 18.2 Å². The van der Waals surface area contributed by atoms with Crippen molar-refractivity contribution >= 4 is 34.5 Å². The molecule has 2 amide bonds. The van der Waals surface area contributed by atoms with Gasteiger partial charge < -0.3 is 33.6 Å². The number of benzene rings is 3. The van der Waals surface area contributed by atoms with Crippen molar-refractivity contribution in [1.29, 1.82) is 0 Å². The first-order chi connectivity index (χ1) is 26.9. The summed E-state index contributed by atoms with van der Waals surface area (Å²) in [6, 6.07) is 24.1. The van der Waals surface area contributed by atoms with Gasteiger partial charge in [0.1, 0.15) is 36.8 Å². The molecule has 1 aromatic heterocycles. The Bertz CT molecular complexity index is 2080. The van der Waals surface area contributed by atoms with Gasteiger partial charge in [0.25, 0.3) is 0 Å². The van der Waals surface area contributed by atoms with Crippen LogP contribution >= 0.6 is 0 Å². The number of hydrogen-bond donors (Lipinski definition) is 0. The number of ether oxygens (including phenoxy) is 4. The topological polar surface area (TPSA) is 114 Å². The minimum atomic E-state index is -0.632. The monoisotopic (exact) mass is 761 g/mol. The Balaban J connectivity index is 1.14. The van der Waals surface area contributed by atoms with E-state index in [1.54, 1.807) is 9.80 Å². The predicted octanol–water partition coefficient (Wildman–Crippen LogP) is 6.73. The largest absolute Gasteiger partial charge is 0.461 e. The molecule has 3 aliphatic rings. The molecular weight excluding hydrogens is 711 g/mol. The van der Waals surface area contributed by atoms with Crippen LogP contribution in [0.3, 0.4) is 0 Å². The Morgan fingerprint density at radius 2 is 1.70 bits per heavy atom. The lowest BCUT2D eigenvalue weighted by Crippen LogP contribution is -2.60. The number of amides is 2. The summed E-state index contributed by atoms with van der Waals surface area (Å²) in [5.74, 6) is 0.746. The van der Waals surface area contributed by atoms with E-state index in [2.05, 4.69) is 57.1 Å². The van der Waals surface area contributed by atoms with E-state index in [0.29, 0.717) is 39.2 Å². The van der Waals surface area contributed by atoms with Crippen LogP contribution in [0.2, 0.25) is 0 Å². The van der Waals surface area contributed by atoms with Crippen molar-refractivity contribution in [2.24, 2.45) is 0 Å². The maximum Gasteiger partial charge on any atom is 0.410 e. The minimum absolute atomic E-state index is 0.127. The van der Waals surface area contributed by atoms with Crippen molar-refractivity contribution in [2.45, 2.75) is 77.5 Å². The van der Waals surface area contributed by atoms with Crippen molar-refractivity contribution in [3.63, 3.8) is 0 Å². The predicted molar refractivity (Wildman–Crippen MR) is 214 cm³/mol. The molecule has 4 aromatic rings. The first kappa shape index (κ1) is 38.7.